The molecule has 2 heterocycles. The molecule has 2 saturated carbocycles. The van der Waals surface area contributed by atoms with Crippen LogP contribution in [0.1, 0.15) is 59.4 Å². The van der Waals surface area contributed by atoms with E-state index in [4.69, 9.17) is 4.74 Å². The maximum absolute atomic E-state index is 13.0. The average Bonchev–Trinajstić information content (AvgIpc) is 3.16. The molecule has 0 spiro atoms. The second-order valence-electron chi connectivity index (χ2n) is 7.83. The number of aliphatic hydroxyl groups excluding tert-OH is 1. The number of ether oxygens (including phenoxy) is 1. The van der Waals surface area contributed by atoms with Gasteiger partial charge in [-0.05, 0) is 67.0 Å². The summed E-state index contributed by atoms with van der Waals surface area (Å²) in [5.74, 6) is 1.21. The standard InChI is InChI=1S/C21H24N2O3/c24-17-11-15(12-17)20(14-3-6-19-13(10-14)7-9-26-19)22-21(25)18-2-1-8-23(18)16-4-5-16/h1-3,6,8,10,15-17,20,24H,4-5,7,9,11-12H2,(H,22,25)/t15?,17?,20-/m0/s1. The summed E-state index contributed by atoms with van der Waals surface area (Å²) in [4.78, 5) is 13.0. The van der Waals surface area contributed by atoms with Gasteiger partial charge in [0.15, 0.2) is 0 Å². The summed E-state index contributed by atoms with van der Waals surface area (Å²) in [6, 6.07) is 10.5. The Labute approximate surface area is 153 Å². The van der Waals surface area contributed by atoms with Crippen molar-refractivity contribution in [3.63, 3.8) is 0 Å². The molecule has 2 aromatic rings. The zero-order valence-electron chi connectivity index (χ0n) is 14.7. The summed E-state index contributed by atoms with van der Waals surface area (Å²) in [5, 5.41) is 13.0. The minimum atomic E-state index is -0.243. The fraction of sp³-hybridized carbons (Fsp3) is 0.476. The van der Waals surface area contributed by atoms with Crippen LogP contribution < -0.4 is 10.1 Å². The number of nitrogens with one attached hydrogen (secondary N) is 1. The Morgan fingerprint density at radius 2 is 2.12 bits per heavy atom. The molecule has 5 rings (SSSR count). The van der Waals surface area contributed by atoms with Crippen molar-refractivity contribution in [1.29, 1.82) is 0 Å². The van der Waals surface area contributed by atoms with Gasteiger partial charge in [0.05, 0.1) is 18.8 Å². The zero-order valence-corrected chi connectivity index (χ0v) is 14.7. The Kier molecular flexibility index (Phi) is 3.78. The number of aliphatic hydroxyl groups is 1. The highest BCUT2D eigenvalue weighted by atomic mass is 16.5. The van der Waals surface area contributed by atoms with Crippen molar-refractivity contribution in [2.45, 2.75) is 50.3 Å². The molecule has 26 heavy (non-hydrogen) atoms. The topological polar surface area (TPSA) is 63.5 Å². The first-order valence-corrected chi connectivity index (χ1v) is 9.60. The lowest BCUT2D eigenvalue weighted by atomic mass is 9.74. The molecule has 1 amide bonds. The SMILES string of the molecule is O=C(N[C@@H](c1ccc2c(c1)CCO2)C1CC(O)C1)c1cccn1C1CC1. The number of hydrogen-bond donors (Lipinski definition) is 2. The third-order valence-corrected chi connectivity index (χ3v) is 5.93. The highest BCUT2D eigenvalue weighted by Gasteiger charge is 2.37. The highest BCUT2D eigenvalue weighted by molar-refractivity contribution is 5.93. The van der Waals surface area contributed by atoms with Gasteiger partial charge < -0.3 is 19.7 Å². The normalized spacial score (nSPS) is 25.1. The Bertz CT molecular complexity index is 834. The van der Waals surface area contributed by atoms with Crippen molar-refractivity contribution < 1.29 is 14.6 Å². The van der Waals surface area contributed by atoms with Crippen LogP contribution >= 0.6 is 0 Å². The second-order valence-corrected chi connectivity index (χ2v) is 7.83. The maximum atomic E-state index is 13.0. The van der Waals surface area contributed by atoms with E-state index in [2.05, 4.69) is 22.0 Å². The lowest BCUT2D eigenvalue weighted by molar-refractivity contribution is 0.0234. The fourth-order valence-corrected chi connectivity index (χ4v) is 4.25. The van der Waals surface area contributed by atoms with Crippen molar-refractivity contribution in [2.24, 2.45) is 5.92 Å². The lowest BCUT2D eigenvalue weighted by Crippen LogP contribution is -2.41. The largest absolute Gasteiger partial charge is 0.493 e. The van der Waals surface area contributed by atoms with E-state index in [0.29, 0.717) is 6.04 Å². The number of rotatable bonds is 5. The number of hydrogen-bond acceptors (Lipinski definition) is 3. The van der Waals surface area contributed by atoms with E-state index < -0.39 is 0 Å². The van der Waals surface area contributed by atoms with E-state index in [1.807, 2.05) is 24.4 Å². The van der Waals surface area contributed by atoms with Crippen LogP contribution in [0, 0.1) is 5.92 Å². The molecule has 5 heteroatoms. The summed E-state index contributed by atoms with van der Waals surface area (Å²) in [6.07, 6.45) is 6.45. The zero-order chi connectivity index (χ0) is 17.7. The monoisotopic (exact) mass is 352 g/mol. The van der Waals surface area contributed by atoms with Crippen molar-refractivity contribution in [2.75, 3.05) is 6.61 Å². The molecule has 1 atom stereocenters. The summed E-state index contributed by atoms with van der Waals surface area (Å²) >= 11 is 0. The van der Waals surface area contributed by atoms with Crippen LogP contribution in [0.4, 0.5) is 0 Å². The van der Waals surface area contributed by atoms with Gasteiger partial charge in [-0.1, -0.05) is 6.07 Å². The number of aromatic nitrogens is 1. The predicted molar refractivity (Wildman–Crippen MR) is 97.3 cm³/mol. The Morgan fingerprint density at radius 1 is 1.27 bits per heavy atom. The predicted octanol–water partition coefficient (Wildman–Crippen LogP) is 3.00. The van der Waals surface area contributed by atoms with Gasteiger partial charge >= 0.3 is 0 Å². The number of benzene rings is 1. The van der Waals surface area contributed by atoms with Crippen LogP contribution in [0.5, 0.6) is 5.75 Å². The van der Waals surface area contributed by atoms with Crippen LogP contribution in [0.2, 0.25) is 0 Å². The van der Waals surface area contributed by atoms with Crippen molar-refractivity contribution >= 4 is 5.91 Å². The molecule has 5 nitrogen and oxygen atoms in total. The first kappa shape index (κ1) is 15.9. The number of nitrogens with zero attached hydrogens (tertiary/aromatic N) is 1. The first-order valence-electron chi connectivity index (χ1n) is 9.60. The molecule has 0 saturated heterocycles. The smallest absolute Gasteiger partial charge is 0.268 e. The molecule has 2 fully saturated rings. The fourth-order valence-electron chi connectivity index (χ4n) is 4.25. The van der Waals surface area contributed by atoms with Gasteiger partial charge in [0.25, 0.3) is 5.91 Å². The van der Waals surface area contributed by atoms with Gasteiger partial charge in [-0.2, -0.15) is 0 Å². The summed E-state index contributed by atoms with van der Waals surface area (Å²) in [7, 11) is 0. The summed E-state index contributed by atoms with van der Waals surface area (Å²) < 4.78 is 7.71. The van der Waals surface area contributed by atoms with Crippen LogP contribution in [-0.4, -0.2) is 28.3 Å². The summed E-state index contributed by atoms with van der Waals surface area (Å²) in [5.41, 5.74) is 3.06. The molecular weight excluding hydrogens is 328 g/mol. The molecule has 0 unspecified atom stereocenters. The maximum Gasteiger partial charge on any atom is 0.268 e. The van der Waals surface area contributed by atoms with Crippen molar-refractivity contribution in [3.05, 3.63) is 53.3 Å². The van der Waals surface area contributed by atoms with Crippen LogP contribution in [0.25, 0.3) is 0 Å². The van der Waals surface area contributed by atoms with E-state index in [9.17, 15) is 9.90 Å². The van der Waals surface area contributed by atoms with E-state index in [1.165, 1.54) is 5.56 Å². The molecule has 1 aromatic carbocycles. The molecule has 136 valence electrons. The lowest BCUT2D eigenvalue weighted by Gasteiger charge is -2.38. The number of carbonyl (C=O) groups is 1. The molecule has 0 radical (unpaired) electrons. The van der Waals surface area contributed by atoms with Crippen molar-refractivity contribution in [1.82, 2.24) is 9.88 Å². The number of fused-ring (bicyclic) bond motifs is 1. The van der Waals surface area contributed by atoms with Gasteiger partial charge in [-0.15, -0.1) is 0 Å². The van der Waals surface area contributed by atoms with Gasteiger partial charge in [0.2, 0.25) is 0 Å². The molecule has 2 aliphatic carbocycles. The van der Waals surface area contributed by atoms with Crippen LogP contribution in [-0.2, 0) is 6.42 Å². The van der Waals surface area contributed by atoms with Gasteiger partial charge in [0, 0.05) is 18.7 Å². The van der Waals surface area contributed by atoms with E-state index in [1.54, 1.807) is 0 Å². The van der Waals surface area contributed by atoms with E-state index in [-0.39, 0.29) is 24.0 Å². The van der Waals surface area contributed by atoms with Crippen LogP contribution in [0.3, 0.4) is 0 Å². The number of amides is 1. The minimum absolute atomic E-state index is 0.0231. The van der Waals surface area contributed by atoms with E-state index in [0.717, 1.165) is 55.7 Å². The van der Waals surface area contributed by atoms with Gasteiger partial charge in [0.1, 0.15) is 11.4 Å². The van der Waals surface area contributed by atoms with Gasteiger partial charge in [-0.3, -0.25) is 4.79 Å². The molecular formula is C21H24N2O3. The average molecular weight is 352 g/mol. The van der Waals surface area contributed by atoms with Gasteiger partial charge in [-0.25, -0.2) is 0 Å². The first-order chi connectivity index (χ1) is 12.7. The van der Waals surface area contributed by atoms with Crippen LogP contribution in [0.15, 0.2) is 36.5 Å². The third kappa shape index (κ3) is 2.80. The Hall–Kier alpha value is -2.27. The third-order valence-electron chi connectivity index (χ3n) is 5.93. The molecule has 1 aromatic heterocycles. The Morgan fingerprint density at radius 3 is 2.88 bits per heavy atom. The summed E-state index contributed by atoms with van der Waals surface area (Å²) in [6.45, 7) is 0.729. The molecule has 1 aliphatic heterocycles. The second kappa shape index (κ2) is 6.16. The molecule has 0 bridgehead atoms. The minimum Gasteiger partial charge on any atom is -0.493 e. The number of carbonyl (C=O) groups excluding carboxylic acids is 1. The van der Waals surface area contributed by atoms with Crippen molar-refractivity contribution in [3.8, 4) is 5.75 Å². The van der Waals surface area contributed by atoms with E-state index >= 15 is 0 Å². The molecule has 2 N–H and O–H groups in total. The quantitative estimate of drug-likeness (QED) is 0.869. The Balaban J connectivity index is 1.41. The highest BCUT2D eigenvalue weighted by Crippen LogP contribution is 2.40. The molecule has 3 aliphatic rings.